The van der Waals surface area contributed by atoms with Gasteiger partial charge in [-0.15, -0.1) is 8.78 Å². The number of nitrogens with zero attached hydrogens (tertiary/aromatic N) is 6. The largest absolute Gasteiger partial charge is 0.585 e. The molecule has 0 fully saturated rings. The zero-order chi connectivity index (χ0) is 24.9. The van der Waals surface area contributed by atoms with Gasteiger partial charge in [0.1, 0.15) is 11.5 Å². The first-order valence-corrected chi connectivity index (χ1v) is 11.7. The Morgan fingerprint density at radius 2 is 1.97 bits per heavy atom. The second-order valence-corrected chi connectivity index (χ2v) is 8.95. The van der Waals surface area contributed by atoms with E-state index in [1.165, 1.54) is 0 Å². The van der Waals surface area contributed by atoms with Gasteiger partial charge < -0.3 is 18.8 Å². The van der Waals surface area contributed by atoms with Crippen LogP contribution in [-0.4, -0.2) is 42.7 Å². The molecule has 0 N–H and O–H groups in total. The number of halogens is 2. The summed E-state index contributed by atoms with van der Waals surface area (Å²) in [4.78, 5) is 13.7. The molecule has 3 aliphatic rings. The molecule has 186 valence electrons. The number of alkyl halides is 2. The number of methoxy groups -OCH3 is 1. The van der Waals surface area contributed by atoms with Crippen LogP contribution in [-0.2, 0) is 22.3 Å². The fraction of sp³-hybridized carbons (Fsp3) is 0.360. The van der Waals surface area contributed by atoms with Crippen molar-refractivity contribution in [3.8, 4) is 11.6 Å². The Morgan fingerprint density at radius 1 is 1.11 bits per heavy atom. The van der Waals surface area contributed by atoms with Crippen LogP contribution < -0.4 is 4.74 Å². The van der Waals surface area contributed by atoms with Crippen LogP contribution >= 0.6 is 0 Å². The van der Waals surface area contributed by atoms with E-state index >= 15 is 0 Å². The fourth-order valence-corrected chi connectivity index (χ4v) is 4.88. The Hall–Kier alpha value is -4.02. The lowest BCUT2D eigenvalue weighted by Gasteiger charge is -2.28. The van der Waals surface area contributed by atoms with Crippen LogP contribution in [0.4, 0.5) is 8.78 Å². The van der Waals surface area contributed by atoms with Crippen molar-refractivity contribution < 1.29 is 23.0 Å². The fourth-order valence-electron chi connectivity index (χ4n) is 4.88. The van der Waals surface area contributed by atoms with E-state index in [1.807, 2.05) is 48.2 Å². The number of allylic oxidation sites excluding steroid dienone is 4. The Balaban J connectivity index is 1.20. The number of aryl methyl sites for hydroxylation is 3. The number of aromatic nitrogens is 6. The van der Waals surface area contributed by atoms with Crippen LogP contribution in [0.25, 0.3) is 11.9 Å². The van der Waals surface area contributed by atoms with E-state index < -0.39 is 6.29 Å². The number of ether oxygens (including phenoxy) is 3. The van der Waals surface area contributed by atoms with Gasteiger partial charge in [-0.3, -0.25) is 0 Å². The van der Waals surface area contributed by atoms with Gasteiger partial charge in [0.25, 0.3) is 0 Å². The number of pyridine rings is 1. The van der Waals surface area contributed by atoms with Gasteiger partial charge in [0, 0.05) is 36.3 Å². The molecule has 3 aromatic heterocycles. The van der Waals surface area contributed by atoms with Crippen LogP contribution in [0.5, 0.6) is 5.88 Å². The summed E-state index contributed by atoms with van der Waals surface area (Å²) >= 11 is 0. The standard InChI is InChI=1S/C25H24F2N6O3/c1-15-13-32(14-28-15)19-10-8-16(29-24(19)34-2)9-11-21-30-23-18(6-4-12-33(23)31-21)17-5-3-7-20-22(17)36-25(26,27)35-20/h3-4,7-8,10,12-14,17-18H,5-6,9,11H2,1-2H3/t17?,18-/m1/s1. The molecule has 11 heteroatoms. The average Bonchev–Trinajstić information content (AvgIpc) is 3.57. The molecule has 3 aromatic rings. The smallest absolute Gasteiger partial charge is 0.479 e. The van der Waals surface area contributed by atoms with Gasteiger partial charge >= 0.3 is 6.29 Å². The number of rotatable bonds is 6. The van der Waals surface area contributed by atoms with Gasteiger partial charge in [0.15, 0.2) is 17.3 Å². The van der Waals surface area contributed by atoms with Gasteiger partial charge in [-0.25, -0.2) is 19.6 Å². The molecule has 0 saturated heterocycles. The Labute approximate surface area is 205 Å². The SMILES string of the molecule is COc1nc(CCc2nc3n(n2)C=CC[C@@H]3C2CC=CC3=C2OC(F)(F)O3)ccc1-n1cnc(C)c1. The van der Waals surface area contributed by atoms with Gasteiger partial charge in [-0.05, 0) is 44.4 Å². The monoisotopic (exact) mass is 494 g/mol. The van der Waals surface area contributed by atoms with Crippen molar-refractivity contribution in [2.24, 2.45) is 5.92 Å². The van der Waals surface area contributed by atoms with E-state index in [1.54, 1.807) is 24.2 Å². The van der Waals surface area contributed by atoms with Crippen molar-refractivity contribution in [1.29, 1.82) is 0 Å². The highest BCUT2D eigenvalue weighted by Gasteiger charge is 2.49. The summed E-state index contributed by atoms with van der Waals surface area (Å²) in [5.74, 6) is 1.72. The molecule has 0 aromatic carbocycles. The highest BCUT2D eigenvalue weighted by atomic mass is 19.3. The van der Waals surface area contributed by atoms with Crippen LogP contribution in [0.15, 0.2) is 54.4 Å². The maximum Gasteiger partial charge on any atom is 0.585 e. The van der Waals surface area contributed by atoms with Gasteiger partial charge in [0.05, 0.1) is 19.1 Å². The molecule has 1 aliphatic carbocycles. The molecule has 2 atom stereocenters. The van der Waals surface area contributed by atoms with Crippen LogP contribution in [0, 0.1) is 12.8 Å². The Bertz CT molecular complexity index is 1410. The lowest BCUT2D eigenvalue weighted by Crippen LogP contribution is -2.24. The lowest BCUT2D eigenvalue weighted by atomic mass is 9.81. The molecule has 0 saturated carbocycles. The maximum absolute atomic E-state index is 13.7. The second kappa shape index (κ2) is 8.58. The minimum atomic E-state index is -3.64. The summed E-state index contributed by atoms with van der Waals surface area (Å²) in [5, 5.41) is 4.63. The van der Waals surface area contributed by atoms with E-state index in [0.29, 0.717) is 37.4 Å². The first kappa shape index (κ1) is 22.4. The quantitative estimate of drug-likeness (QED) is 0.505. The third-order valence-electron chi connectivity index (χ3n) is 6.54. The van der Waals surface area contributed by atoms with E-state index in [2.05, 4.69) is 19.8 Å². The van der Waals surface area contributed by atoms with Crippen molar-refractivity contribution in [3.63, 3.8) is 0 Å². The number of imidazole rings is 1. The number of fused-ring (bicyclic) bond motifs is 1. The molecule has 0 bridgehead atoms. The van der Waals surface area contributed by atoms with Crippen molar-refractivity contribution in [3.05, 3.63) is 77.4 Å². The van der Waals surface area contributed by atoms with E-state index in [4.69, 9.17) is 14.5 Å². The summed E-state index contributed by atoms with van der Waals surface area (Å²) in [6, 6.07) is 3.90. The third-order valence-corrected chi connectivity index (χ3v) is 6.54. The van der Waals surface area contributed by atoms with Crippen molar-refractivity contribution >= 4 is 6.20 Å². The van der Waals surface area contributed by atoms with Crippen LogP contribution in [0.1, 0.15) is 41.8 Å². The summed E-state index contributed by atoms with van der Waals surface area (Å²) in [6.07, 6.45) is 9.61. The molecule has 2 aliphatic heterocycles. The molecule has 0 radical (unpaired) electrons. The third kappa shape index (κ3) is 4.04. The Morgan fingerprint density at radius 3 is 2.78 bits per heavy atom. The minimum Gasteiger partial charge on any atom is -0.479 e. The molecule has 0 spiro atoms. The normalized spacial score (nSPS) is 21.7. The molecular formula is C25H24F2N6O3. The molecular weight excluding hydrogens is 470 g/mol. The van der Waals surface area contributed by atoms with E-state index in [0.717, 1.165) is 22.9 Å². The molecule has 5 heterocycles. The topological polar surface area (TPSA) is 89.1 Å². The second-order valence-electron chi connectivity index (χ2n) is 8.95. The first-order valence-electron chi connectivity index (χ1n) is 11.7. The predicted octanol–water partition coefficient (Wildman–Crippen LogP) is 4.30. The summed E-state index contributed by atoms with van der Waals surface area (Å²) in [5.41, 5.74) is 2.56. The zero-order valence-electron chi connectivity index (χ0n) is 19.8. The van der Waals surface area contributed by atoms with E-state index in [-0.39, 0.29) is 23.4 Å². The van der Waals surface area contributed by atoms with Crippen molar-refractivity contribution in [2.75, 3.05) is 7.11 Å². The van der Waals surface area contributed by atoms with Crippen molar-refractivity contribution in [2.45, 2.75) is 44.8 Å². The number of hydrogen-bond acceptors (Lipinski definition) is 7. The van der Waals surface area contributed by atoms with E-state index in [9.17, 15) is 8.78 Å². The number of hydrogen-bond donors (Lipinski definition) is 0. The maximum atomic E-state index is 13.7. The van der Waals surface area contributed by atoms with Crippen molar-refractivity contribution in [1.82, 2.24) is 29.3 Å². The summed E-state index contributed by atoms with van der Waals surface area (Å²) in [7, 11) is 1.59. The molecule has 1 unspecified atom stereocenters. The molecule has 9 nitrogen and oxygen atoms in total. The van der Waals surface area contributed by atoms with Gasteiger partial charge in [-0.2, -0.15) is 5.10 Å². The summed E-state index contributed by atoms with van der Waals surface area (Å²) < 4.78 is 46.1. The Kier molecular flexibility index (Phi) is 5.35. The molecule has 36 heavy (non-hydrogen) atoms. The lowest BCUT2D eigenvalue weighted by molar-refractivity contribution is -0.338. The highest BCUT2D eigenvalue weighted by molar-refractivity contribution is 5.43. The first-order chi connectivity index (χ1) is 17.4. The van der Waals surface area contributed by atoms with Crippen LogP contribution in [0.2, 0.25) is 0 Å². The molecule has 0 amide bonds. The minimum absolute atomic E-state index is 0.0893. The molecule has 6 rings (SSSR count). The predicted molar refractivity (Wildman–Crippen MR) is 124 cm³/mol. The average molecular weight is 495 g/mol. The van der Waals surface area contributed by atoms with Crippen LogP contribution in [0.3, 0.4) is 0 Å². The zero-order valence-corrected chi connectivity index (χ0v) is 19.8. The van der Waals surface area contributed by atoms with Gasteiger partial charge in [-0.1, -0.05) is 12.2 Å². The highest BCUT2D eigenvalue weighted by Crippen LogP contribution is 2.47. The summed E-state index contributed by atoms with van der Waals surface area (Å²) in [6.45, 7) is 1.92. The van der Waals surface area contributed by atoms with Gasteiger partial charge in [0.2, 0.25) is 5.88 Å².